The van der Waals surface area contributed by atoms with Crippen molar-refractivity contribution in [3.8, 4) is 0 Å². The van der Waals surface area contributed by atoms with Crippen LogP contribution in [0.2, 0.25) is 10.0 Å². The molecule has 0 saturated carbocycles. The summed E-state index contributed by atoms with van der Waals surface area (Å²) in [4.78, 5) is 11.3. The number of nitrogens with one attached hydrogen (secondary N) is 2. The highest BCUT2D eigenvalue weighted by Crippen LogP contribution is 2.26. The van der Waals surface area contributed by atoms with Gasteiger partial charge in [-0.3, -0.25) is 4.90 Å². The van der Waals surface area contributed by atoms with Crippen molar-refractivity contribution in [2.45, 2.75) is 6.92 Å². The predicted molar refractivity (Wildman–Crippen MR) is 102 cm³/mol. The number of rotatable bonds is 6. The Labute approximate surface area is 157 Å². The largest absolute Gasteiger partial charge is 0.379 e. The summed E-state index contributed by atoms with van der Waals surface area (Å²) >= 11 is 12.0. The summed E-state index contributed by atoms with van der Waals surface area (Å²) in [6, 6.07) is 7.27. The average Bonchev–Trinajstić information content (AvgIpc) is 2.59. The number of halogens is 2. The van der Waals surface area contributed by atoms with E-state index in [9.17, 15) is 0 Å². The fourth-order valence-corrected chi connectivity index (χ4v) is 2.88. The van der Waals surface area contributed by atoms with Crippen LogP contribution >= 0.6 is 23.2 Å². The van der Waals surface area contributed by atoms with Gasteiger partial charge in [-0.2, -0.15) is 4.98 Å². The number of ether oxygens (including phenoxy) is 1. The smallest absolute Gasteiger partial charge is 0.224 e. The Bertz CT molecular complexity index is 722. The van der Waals surface area contributed by atoms with Gasteiger partial charge in [0.25, 0.3) is 0 Å². The third-order valence-corrected chi connectivity index (χ3v) is 4.60. The number of hydrogen-bond acceptors (Lipinski definition) is 6. The van der Waals surface area contributed by atoms with Crippen LogP contribution in [0.3, 0.4) is 0 Å². The van der Waals surface area contributed by atoms with Gasteiger partial charge in [0.15, 0.2) is 0 Å². The van der Waals surface area contributed by atoms with Crippen LogP contribution in [-0.4, -0.2) is 54.3 Å². The van der Waals surface area contributed by atoms with Crippen molar-refractivity contribution in [1.82, 2.24) is 14.9 Å². The standard InChI is InChI=1S/C17H21Cl2N5O/c1-12-10-16(22-13-2-3-14(18)15(19)11-13)23-17(21-12)20-4-5-24-6-8-25-9-7-24/h2-3,10-11H,4-9H2,1H3,(H2,20,21,22,23). The second-order valence-corrected chi connectivity index (χ2v) is 6.67. The summed E-state index contributed by atoms with van der Waals surface area (Å²) in [7, 11) is 0. The highest BCUT2D eigenvalue weighted by Gasteiger charge is 2.10. The topological polar surface area (TPSA) is 62.3 Å². The maximum Gasteiger partial charge on any atom is 0.224 e. The van der Waals surface area contributed by atoms with Gasteiger partial charge in [0, 0.05) is 43.6 Å². The van der Waals surface area contributed by atoms with Gasteiger partial charge < -0.3 is 15.4 Å². The molecule has 25 heavy (non-hydrogen) atoms. The van der Waals surface area contributed by atoms with Gasteiger partial charge in [-0.15, -0.1) is 0 Å². The normalized spacial score (nSPS) is 15.2. The van der Waals surface area contributed by atoms with Crippen molar-refractivity contribution in [3.63, 3.8) is 0 Å². The summed E-state index contributed by atoms with van der Waals surface area (Å²) in [5.41, 5.74) is 1.71. The summed E-state index contributed by atoms with van der Waals surface area (Å²) in [6.45, 7) is 7.22. The summed E-state index contributed by atoms with van der Waals surface area (Å²) < 4.78 is 5.36. The molecule has 0 atom stereocenters. The molecule has 134 valence electrons. The van der Waals surface area contributed by atoms with Crippen molar-refractivity contribution in [3.05, 3.63) is 40.0 Å². The molecular formula is C17H21Cl2N5O. The molecule has 1 aliphatic rings. The molecule has 6 nitrogen and oxygen atoms in total. The van der Waals surface area contributed by atoms with Crippen LogP contribution in [-0.2, 0) is 4.74 Å². The van der Waals surface area contributed by atoms with E-state index in [4.69, 9.17) is 27.9 Å². The van der Waals surface area contributed by atoms with Crippen LogP contribution in [0.1, 0.15) is 5.69 Å². The van der Waals surface area contributed by atoms with Gasteiger partial charge in [-0.25, -0.2) is 4.98 Å². The molecule has 1 aromatic heterocycles. The molecule has 0 radical (unpaired) electrons. The van der Waals surface area contributed by atoms with Crippen molar-refractivity contribution < 1.29 is 4.74 Å². The Morgan fingerprint density at radius 3 is 2.68 bits per heavy atom. The summed E-state index contributed by atoms with van der Waals surface area (Å²) in [6.07, 6.45) is 0. The minimum absolute atomic E-state index is 0.501. The second-order valence-electron chi connectivity index (χ2n) is 5.85. The number of nitrogens with zero attached hydrogens (tertiary/aromatic N) is 3. The Kier molecular flexibility index (Phi) is 6.31. The van der Waals surface area contributed by atoms with Gasteiger partial charge in [0.05, 0.1) is 23.3 Å². The summed E-state index contributed by atoms with van der Waals surface area (Å²) in [5.74, 6) is 1.32. The van der Waals surface area contributed by atoms with Crippen molar-refractivity contribution in [2.75, 3.05) is 50.0 Å². The molecule has 1 fully saturated rings. The van der Waals surface area contributed by atoms with E-state index in [2.05, 4.69) is 25.5 Å². The molecule has 1 aromatic carbocycles. The molecule has 3 rings (SSSR count). The van der Waals surface area contributed by atoms with Crippen LogP contribution < -0.4 is 10.6 Å². The third kappa shape index (κ3) is 5.44. The highest BCUT2D eigenvalue weighted by atomic mass is 35.5. The van der Waals surface area contributed by atoms with E-state index < -0.39 is 0 Å². The lowest BCUT2D eigenvalue weighted by atomic mass is 10.3. The molecule has 2 heterocycles. The molecule has 0 unspecified atom stereocenters. The molecule has 1 saturated heterocycles. The Balaban J connectivity index is 1.60. The quantitative estimate of drug-likeness (QED) is 0.797. The molecule has 0 aliphatic carbocycles. The first-order valence-electron chi connectivity index (χ1n) is 8.22. The Hall–Kier alpha value is -1.60. The predicted octanol–water partition coefficient (Wildman–Crippen LogP) is 3.58. The monoisotopic (exact) mass is 381 g/mol. The number of aryl methyl sites for hydroxylation is 1. The first-order valence-corrected chi connectivity index (χ1v) is 8.97. The van der Waals surface area contributed by atoms with E-state index in [0.717, 1.165) is 50.8 Å². The summed E-state index contributed by atoms with van der Waals surface area (Å²) in [5, 5.41) is 7.55. The zero-order chi connectivity index (χ0) is 17.6. The average molecular weight is 382 g/mol. The maximum atomic E-state index is 6.05. The minimum Gasteiger partial charge on any atom is -0.379 e. The van der Waals surface area contributed by atoms with Crippen LogP contribution in [0.5, 0.6) is 0 Å². The fourth-order valence-electron chi connectivity index (χ4n) is 2.58. The lowest BCUT2D eigenvalue weighted by molar-refractivity contribution is 0.0398. The van der Waals surface area contributed by atoms with E-state index in [1.54, 1.807) is 12.1 Å². The Morgan fingerprint density at radius 1 is 1.12 bits per heavy atom. The van der Waals surface area contributed by atoms with Crippen molar-refractivity contribution in [2.24, 2.45) is 0 Å². The molecule has 2 aromatic rings. The first kappa shape index (κ1) is 18.2. The SMILES string of the molecule is Cc1cc(Nc2ccc(Cl)c(Cl)c2)nc(NCCN2CCOCC2)n1. The third-order valence-electron chi connectivity index (χ3n) is 3.86. The van der Waals surface area contributed by atoms with Gasteiger partial charge in [-0.05, 0) is 25.1 Å². The van der Waals surface area contributed by atoms with E-state index in [1.165, 1.54) is 0 Å². The number of morpholine rings is 1. The zero-order valence-corrected chi connectivity index (χ0v) is 15.6. The van der Waals surface area contributed by atoms with Gasteiger partial charge in [-0.1, -0.05) is 23.2 Å². The molecule has 0 spiro atoms. The fraction of sp³-hybridized carbons (Fsp3) is 0.412. The molecule has 2 N–H and O–H groups in total. The minimum atomic E-state index is 0.501. The Morgan fingerprint density at radius 2 is 1.92 bits per heavy atom. The van der Waals surface area contributed by atoms with Gasteiger partial charge >= 0.3 is 0 Å². The number of benzene rings is 1. The van der Waals surface area contributed by atoms with Crippen molar-refractivity contribution in [1.29, 1.82) is 0 Å². The van der Waals surface area contributed by atoms with Gasteiger partial charge in [0.1, 0.15) is 5.82 Å². The van der Waals surface area contributed by atoms with Crippen LogP contribution in [0.25, 0.3) is 0 Å². The number of aromatic nitrogens is 2. The second kappa shape index (κ2) is 8.67. The zero-order valence-electron chi connectivity index (χ0n) is 14.1. The first-order chi connectivity index (χ1) is 12.1. The van der Waals surface area contributed by atoms with Crippen LogP contribution in [0, 0.1) is 6.92 Å². The molecule has 0 amide bonds. The lowest BCUT2D eigenvalue weighted by Crippen LogP contribution is -2.39. The highest BCUT2D eigenvalue weighted by molar-refractivity contribution is 6.42. The maximum absolute atomic E-state index is 6.05. The van der Waals surface area contributed by atoms with E-state index in [0.29, 0.717) is 21.8 Å². The molecule has 1 aliphatic heterocycles. The van der Waals surface area contributed by atoms with E-state index >= 15 is 0 Å². The van der Waals surface area contributed by atoms with Crippen LogP contribution in [0.15, 0.2) is 24.3 Å². The van der Waals surface area contributed by atoms with Crippen molar-refractivity contribution >= 4 is 40.7 Å². The molecule has 8 heteroatoms. The van der Waals surface area contributed by atoms with Gasteiger partial charge in [0.2, 0.25) is 5.95 Å². The van der Waals surface area contributed by atoms with E-state index in [1.807, 2.05) is 19.1 Å². The molecule has 0 bridgehead atoms. The molecular weight excluding hydrogens is 361 g/mol. The number of anilines is 3. The number of hydrogen-bond donors (Lipinski definition) is 2. The van der Waals surface area contributed by atoms with E-state index in [-0.39, 0.29) is 0 Å². The lowest BCUT2D eigenvalue weighted by Gasteiger charge is -2.26. The van der Waals surface area contributed by atoms with Crippen LogP contribution in [0.4, 0.5) is 17.5 Å².